The Bertz CT molecular complexity index is 1040. The predicted molar refractivity (Wildman–Crippen MR) is 110 cm³/mol. The molecule has 0 spiro atoms. The number of nitrogens with zero attached hydrogens (tertiary/aromatic N) is 2. The second kappa shape index (κ2) is 7.86. The number of benzene rings is 1. The predicted octanol–water partition coefficient (Wildman–Crippen LogP) is 4.50. The standard InChI is InChI=1S/C23H20N4/c24-16-20-15-22(27-23(20)18-8-11-25-12-9-18)19-10-13-26-21(14-19)7-6-17-4-2-1-3-5-17/h1-8,10,13-15,25,27H,9,11-12H2/b7-6+. The van der Waals surface area contributed by atoms with E-state index in [1.165, 1.54) is 5.57 Å². The van der Waals surface area contributed by atoms with Gasteiger partial charge in [0.05, 0.1) is 17.0 Å². The Hall–Kier alpha value is -3.42. The summed E-state index contributed by atoms with van der Waals surface area (Å²) >= 11 is 0. The summed E-state index contributed by atoms with van der Waals surface area (Å²) in [6.07, 6.45) is 8.93. The minimum absolute atomic E-state index is 0.691. The Morgan fingerprint density at radius 3 is 2.74 bits per heavy atom. The molecule has 2 aromatic heterocycles. The average molecular weight is 352 g/mol. The minimum Gasteiger partial charge on any atom is -0.354 e. The lowest BCUT2D eigenvalue weighted by molar-refractivity contribution is 0.737. The van der Waals surface area contributed by atoms with Gasteiger partial charge < -0.3 is 10.3 Å². The van der Waals surface area contributed by atoms with Gasteiger partial charge in [-0.15, -0.1) is 0 Å². The topological polar surface area (TPSA) is 64.5 Å². The number of aromatic amines is 1. The van der Waals surface area contributed by atoms with Crippen LogP contribution < -0.4 is 5.32 Å². The van der Waals surface area contributed by atoms with E-state index in [0.717, 1.165) is 47.7 Å². The normalized spacial score (nSPS) is 14.1. The van der Waals surface area contributed by atoms with E-state index < -0.39 is 0 Å². The minimum atomic E-state index is 0.691. The number of rotatable bonds is 4. The Kier molecular flexibility index (Phi) is 4.95. The number of pyridine rings is 1. The molecule has 4 nitrogen and oxygen atoms in total. The van der Waals surface area contributed by atoms with Gasteiger partial charge in [-0.2, -0.15) is 5.26 Å². The van der Waals surface area contributed by atoms with Crippen molar-refractivity contribution in [1.29, 1.82) is 5.26 Å². The Morgan fingerprint density at radius 1 is 1.07 bits per heavy atom. The zero-order chi connectivity index (χ0) is 18.5. The molecule has 0 fully saturated rings. The van der Waals surface area contributed by atoms with Crippen molar-refractivity contribution in [3.05, 3.63) is 83.3 Å². The summed E-state index contributed by atoms with van der Waals surface area (Å²) in [7, 11) is 0. The van der Waals surface area contributed by atoms with E-state index in [-0.39, 0.29) is 0 Å². The van der Waals surface area contributed by atoms with Gasteiger partial charge in [-0.25, -0.2) is 0 Å². The first-order valence-electron chi connectivity index (χ1n) is 9.06. The first-order valence-corrected chi connectivity index (χ1v) is 9.06. The van der Waals surface area contributed by atoms with E-state index in [4.69, 9.17) is 0 Å². The van der Waals surface area contributed by atoms with E-state index in [0.29, 0.717) is 5.56 Å². The highest BCUT2D eigenvalue weighted by atomic mass is 14.9. The van der Waals surface area contributed by atoms with Crippen LogP contribution in [0.4, 0.5) is 0 Å². The van der Waals surface area contributed by atoms with E-state index in [1.807, 2.05) is 48.6 Å². The number of nitrogens with one attached hydrogen (secondary N) is 2. The lowest BCUT2D eigenvalue weighted by Crippen LogP contribution is -2.20. The van der Waals surface area contributed by atoms with Gasteiger partial charge in [-0.3, -0.25) is 4.98 Å². The van der Waals surface area contributed by atoms with Crippen molar-refractivity contribution in [3.8, 4) is 17.3 Å². The highest BCUT2D eigenvalue weighted by Crippen LogP contribution is 2.28. The number of aromatic nitrogens is 2. The molecule has 132 valence electrons. The molecule has 1 aromatic carbocycles. The smallest absolute Gasteiger partial charge is 0.101 e. The molecule has 0 bridgehead atoms. The molecule has 4 rings (SSSR count). The zero-order valence-electron chi connectivity index (χ0n) is 14.9. The second-order valence-corrected chi connectivity index (χ2v) is 6.48. The lowest BCUT2D eigenvalue weighted by Gasteiger charge is -2.13. The average Bonchev–Trinajstić information content (AvgIpc) is 3.18. The lowest BCUT2D eigenvalue weighted by atomic mass is 10.0. The van der Waals surface area contributed by atoms with E-state index in [9.17, 15) is 5.26 Å². The number of hydrogen-bond acceptors (Lipinski definition) is 3. The van der Waals surface area contributed by atoms with Crippen molar-refractivity contribution in [1.82, 2.24) is 15.3 Å². The summed E-state index contributed by atoms with van der Waals surface area (Å²) < 4.78 is 0. The first kappa shape index (κ1) is 17.0. The number of hydrogen-bond donors (Lipinski definition) is 2. The molecular formula is C23H20N4. The summed E-state index contributed by atoms with van der Waals surface area (Å²) in [5.41, 5.74) is 6.81. The fourth-order valence-electron chi connectivity index (χ4n) is 3.25. The molecular weight excluding hydrogens is 332 g/mol. The van der Waals surface area contributed by atoms with E-state index in [2.05, 4.69) is 39.6 Å². The maximum Gasteiger partial charge on any atom is 0.101 e. The van der Waals surface area contributed by atoms with Crippen LogP contribution >= 0.6 is 0 Å². The van der Waals surface area contributed by atoms with Gasteiger partial charge in [0.25, 0.3) is 0 Å². The third kappa shape index (κ3) is 3.89. The highest BCUT2D eigenvalue weighted by molar-refractivity contribution is 5.76. The zero-order valence-corrected chi connectivity index (χ0v) is 14.9. The molecule has 4 heteroatoms. The number of H-pyrrole nitrogens is 1. The largest absolute Gasteiger partial charge is 0.354 e. The summed E-state index contributed by atoms with van der Waals surface area (Å²) in [6.45, 7) is 1.78. The molecule has 0 unspecified atom stereocenters. The van der Waals surface area contributed by atoms with E-state index in [1.54, 1.807) is 6.20 Å². The number of nitriles is 1. The van der Waals surface area contributed by atoms with Crippen LogP contribution in [0.25, 0.3) is 29.0 Å². The molecule has 3 heterocycles. The maximum absolute atomic E-state index is 9.54. The van der Waals surface area contributed by atoms with Crippen molar-refractivity contribution in [3.63, 3.8) is 0 Å². The molecule has 2 N–H and O–H groups in total. The van der Waals surface area contributed by atoms with Gasteiger partial charge in [0.1, 0.15) is 6.07 Å². The molecule has 0 radical (unpaired) electrons. The van der Waals surface area contributed by atoms with Crippen LogP contribution in [0.2, 0.25) is 0 Å². The van der Waals surface area contributed by atoms with Gasteiger partial charge in [-0.05, 0) is 48.4 Å². The van der Waals surface area contributed by atoms with Crippen LogP contribution in [0, 0.1) is 11.3 Å². The summed E-state index contributed by atoms with van der Waals surface area (Å²) in [6, 6.07) is 18.4. The molecule has 0 amide bonds. The van der Waals surface area contributed by atoms with Crippen molar-refractivity contribution >= 4 is 17.7 Å². The molecule has 0 atom stereocenters. The monoisotopic (exact) mass is 352 g/mol. The Labute approximate surface area is 158 Å². The third-order valence-electron chi connectivity index (χ3n) is 4.66. The molecule has 0 aliphatic carbocycles. The summed E-state index contributed by atoms with van der Waals surface area (Å²) in [5, 5.41) is 12.8. The molecule has 0 saturated carbocycles. The van der Waals surface area contributed by atoms with Gasteiger partial charge in [0.2, 0.25) is 0 Å². The van der Waals surface area contributed by atoms with Crippen molar-refractivity contribution in [2.24, 2.45) is 0 Å². The van der Waals surface area contributed by atoms with Crippen molar-refractivity contribution in [2.75, 3.05) is 13.1 Å². The quantitative estimate of drug-likeness (QED) is 0.727. The van der Waals surface area contributed by atoms with Crippen LogP contribution in [0.5, 0.6) is 0 Å². The SMILES string of the molecule is N#Cc1cc(-c2ccnc(/C=C/c3ccccc3)c2)[nH]c1C1=CCNCC1. The molecule has 1 aliphatic rings. The molecule has 3 aromatic rings. The Balaban J connectivity index is 1.64. The second-order valence-electron chi connectivity index (χ2n) is 6.48. The fraction of sp³-hybridized carbons (Fsp3) is 0.130. The van der Waals surface area contributed by atoms with Gasteiger partial charge in [0, 0.05) is 24.0 Å². The summed E-state index contributed by atoms with van der Waals surface area (Å²) in [4.78, 5) is 7.88. The van der Waals surface area contributed by atoms with Gasteiger partial charge >= 0.3 is 0 Å². The van der Waals surface area contributed by atoms with Crippen LogP contribution in [-0.2, 0) is 0 Å². The van der Waals surface area contributed by atoms with Gasteiger partial charge in [0.15, 0.2) is 0 Å². The van der Waals surface area contributed by atoms with Crippen LogP contribution in [-0.4, -0.2) is 23.1 Å². The maximum atomic E-state index is 9.54. The van der Waals surface area contributed by atoms with Crippen LogP contribution in [0.1, 0.15) is 28.9 Å². The van der Waals surface area contributed by atoms with Crippen molar-refractivity contribution in [2.45, 2.75) is 6.42 Å². The highest BCUT2D eigenvalue weighted by Gasteiger charge is 2.15. The van der Waals surface area contributed by atoms with Crippen molar-refractivity contribution < 1.29 is 0 Å². The van der Waals surface area contributed by atoms with Crippen LogP contribution in [0.3, 0.4) is 0 Å². The van der Waals surface area contributed by atoms with Crippen LogP contribution in [0.15, 0.2) is 60.8 Å². The first-order chi connectivity index (χ1) is 13.3. The molecule has 0 saturated heterocycles. The third-order valence-corrected chi connectivity index (χ3v) is 4.66. The molecule has 27 heavy (non-hydrogen) atoms. The summed E-state index contributed by atoms with van der Waals surface area (Å²) in [5.74, 6) is 0. The van der Waals surface area contributed by atoms with E-state index >= 15 is 0 Å². The fourth-order valence-corrected chi connectivity index (χ4v) is 3.25. The Morgan fingerprint density at radius 2 is 1.96 bits per heavy atom. The molecule has 1 aliphatic heterocycles. The van der Waals surface area contributed by atoms with Gasteiger partial charge in [-0.1, -0.05) is 42.5 Å².